The van der Waals surface area contributed by atoms with E-state index in [1.807, 2.05) is 24.3 Å². The maximum atomic E-state index is 9.16. The molecule has 0 aromatic heterocycles. The minimum absolute atomic E-state index is 0.316. The molecule has 3 heterocycles. The molecule has 0 amide bonds. The summed E-state index contributed by atoms with van der Waals surface area (Å²) in [4.78, 5) is 2.61. The highest BCUT2D eigenvalue weighted by Gasteiger charge is 2.50. The number of ether oxygens (including phenoxy) is 2. The highest BCUT2D eigenvalue weighted by atomic mass is 16.7. The molecule has 2 fully saturated rings. The number of hydrogen-bond donors (Lipinski definition) is 1. The molecule has 3 aliphatic heterocycles. The Labute approximate surface area is 181 Å². The minimum Gasteiger partial charge on any atom is -0.454 e. The number of nitriles is 1. The van der Waals surface area contributed by atoms with Crippen molar-refractivity contribution in [3.05, 3.63) is 83.4 Å². The number of likely N-dealkylation sites (tertiary alicyclic amines) is 1. The SMILES string of the molecule is N#Cc1cccc(-c2ccc(C3[C@H]4CNC[C@@H]3N4Cc3ccc4c(c3)OCO4)cc2)c1. The smallest absolute Gasteiger partial charge is 0.231 e. The van der Waals surface area contributed by atoms with Crippen LogP contribution in [0.25, 0.3) is 11.1 Å². The van der Waals surface area contributed by atoms with Gasteiger partial charge in [-0.15, -0.1) is 0 Å². The molecule has 2 saturated heterocycles. The van der Waals surface area contributed by atoms with E-state index in [2.05, 4.69) is 58.8 Å². The number of nitrogens with zero attached hydrogens (tertiary/aromatic N) is 2. The van der Waals surface area contributed by atoms with Crippen molar-refractivity contribution >= 4 is 0 Å². The number of hydrogen-bond acceptors (Lipinski definition) is 5. The van der Waals surface area contributed by atoms with Crippen LogP contribution in [0.15, 0.2) is 66.7 Å². The first kappa shape index (κ1) is 18.4. The van der Waals surface area contributed by atoms with Gasteiger partial charge in [0.25, 0.3) is 0 Å². The molecule has 1 unspecified atom stereocenters. The number of fused-ring (bicyclic) bond motifs is 3. The summed E-state index contributed by atoms with van der Waals surface area (Å²) < 4.78 is 11.0. The lowest BCUT2D eigenvalue weighted by Gasteiger charge is -2.59. The Morgan fingerprint density at radius 2 is 1.71 bits per heavy atom. The van der Waals surface area contributed by atoms with Gasteiger partial charge in [-0.05, 0) is 46.5 Å². The summed E-state index contributed by atoms with van der Waals surface area (Å²) in [6, 6.07) is 26.2. The Morgan fingerprint density at radius 3 is 2.52 bits per heavy atom. The van der Waals surface area contributed by atoms with Gasteiger partial charge < -0.3 is 14.8 Å². The van der Waals surface area contributed by atoms with Gasteiger partial charge in [-0.2, -0.15) is 5.26 Å². The highest BCUT2D eigenvalue weighted by molar-refractivity contribution is 5.65. The van der Waals surface area contributed by atoms with Crippen molar-refractivity contribution in [2.24, 2.45) is 0 Å². The lowest BCUT2D eigenvalue weighted by molar-refractivity contribution is -0.0483. The fraction of sp³-hybridized carbons (Fsp3) is 0.269. The highest BCUT2D eigenvalue weighted by Crippen LogP contribution is 2.44. The second kappa shape index (κ2) is 7.42. The van der Waals surface area contributed by atoms with Crippen molar-refractivity contribution in [2.75, 3.05) is 19.9 Å². The first-order valence-electron chi connectivity index (χ1n) is 10.8. The van der Waals surface area contributed by atoms with E-state index < -0.39 is 0 Å². The summed E-state index contributed by atoms with van der Waals surface area (Å²) >= 11 is 0. The molecule has 31 heavy (non-hydrogen) atoms. The topological polar surface area (TPSA) is 57.5 Å². The third-order valence-corrected chi connectivity index (χ3v) is 6.81. The zero-order valence-electron chi connectivity index (χ0n) is 17.1. The van der Waals surface area contributed by atoms with Crippen LogP contribution in [0, 0.1) is 11.3 Å². The van der Waals surface area contributed by atoms with Gasteiger partial charge in [0, 0.05) is 37.6 Å². The van der Waals surface area contributed by atoms with Gasteiger partial charge in [0.2, 0.25) is 6.79 Å². The lowest BCUT2D eigenvalue weighted by atomic mass is 9.72. The van der Waals surface area contributed by atoms with Crippen molar-refractivity contribution in [1.82, 2.24) is 10.2 Å². The van der Waals surface area contributed by atoms with Gasteiger partial charge >= 0.3 is 0 Å². The van der Waals surface area contributed by atoms with Crippen LogP contribution in [0.1, 0.15) is 22.6 Å². The normalized spacial score (nSPS) is 23.8. The molecule has 0 saturated carbocycles. The number of benzene rings is 3. The van der Waals surface area contributed by atoms with Gasteiger partial charge in [-0.3, -0.25) is 4.90 Å². The molecule has 3 aromatic rings. The zero-order valence-corrected chi connectivity index (χ0v) is 17.1. The molecule has 0 spiro atoms. The van der Waals surface area contributed by atoms with Crippen molar-refractivity contribution in [1.29, 1.82) is 5.26 Å². The molecule has 6 rings (SSSR count). The average Bonchev–Trinajstić information content (AvgIpc) is 3.31. The predicted molar refractivity (Wildman–Crippen MR) is 118 cm³/mol. The van der Waals surface area contributed by atoms with Gasteiger partial charge in [-0.1, -0.05) is 42.5 Å². The number of nitrogens with one attached hydrogen (secondary N) is 1. The molecule has 3 aliphatic rings. The molecule has 0 radical (unpaired) electrons. The van der Waals surface area contributed by atoms with Crippen LogP contribution in [0.5, 0.6) is 11.5 Å². The summed E-state index contributed by atoms with van der Waals surface area (Å²) in [5.74, 6) is 2.25. The van der Waals surface area contributed by atoms with Gasteiger partial charge in [0.1, 0.15) is 0 Å². The fourth-order valence-corrected chi connectivity index (χ4v) is 5.28. The molecule has 5 nitrogen and oxygen atoms in total. The summed E-state index contributed by atoms with van der Waals surface area (Å²) in [5, 5.41) is 12.7. The van der Waals surface area contributed by atoms with Gasteiger partial charge in [0.05, 0.1) is 11.6 Å². The molecular weight excluding hydrogens is 386 g/mol. The Kier molecular flexibility index (Phi) is 4.41. The Morgan fingerprint density at radius 1 is 0.903 bits per heavy atom. The van der Waals surface area contributed by atoms with Crippen molar-refractivity contribution < 1.29 is 9.47 Å². The molecular formula is C26H23N3O2. The predicted octanol–water partition coefficient (Wildman–Crippen LogP) is 3.89. The van der Waals surface area contributed by atoms with Crippen LogP contribution in [-0.2, 0) is 6.54 Å². The van der Waals surface area contributed by atoms with Gasteiger partial charge in [0.15, 0.2) is 11.5 Å². The van der Waals surface area contributed by atoms with E-state index in [1.54, 1.807) is 0 Å². The quantitative estimate of drug-likeness (QED) is 0.708. The lowest BCUT2D eigenvalue weighted by Crippen LogP contribution is -2.72. The third-order valence-electron chi connectivity index (χ3n) is 6.81. The largest absolute Gasteiger partial charge is 0.454 e. The standard InChI is InChI=1S/C26H23N3O2/c27-12-17-2-1-3-21(10-17)19-5-7-20(8-6-19)26-22-13-28-14-23(26)29(22)15-18-4-9-24-25(11-18)31-16-30-24/h1-11,22-23,26,28H,13-16H2/t22-,23+,26?. The summed E-state index contributed by atoms with van der Waals surface area (Å²) in [7, 11) is 0. The maximum absolute atomic E-state index is 9.16. The van der Waals surface area contributed by atoms with E-state index in [-0.39, 0.29) is 0 Å². The number of piperazine rings is 1. The van der Waals surface area contributed by atoms with E-state index >= 15 is 0 Å². The molecule has 0 aliphatic carbocycles. The van der Waals surface area contributed by atoms with Crippen molar-refractivity contribution in [2.45, 2.75) is 24.5 Å². The monoisotopic (exact) mass is 409 g/mol. The van der Waals surface area contributed by atoms with Gasteiger partial charge in [-0.25, -0.2) is 0 Å². The van der Waals surface area contributed by atoms with Crippen molar-refractivity contribution in [3.8, 4) is 28.7 Å². The van der Waals surface area contributed by atoms with Crippen LogP contribution in [0.3, 0.4) is 0 Å². The minimum atomic E-state index is 0.316. The first-order valence-corrected chi connectivity index (χ1v) is 10.8. The summed E-state index contributed by atoms with van der Waals surface area (Å²) in [6.07, 6.45) is 0. The van der Waals surface area contributed by atoms with E-state index in [1.165, 1.54) is 11.1 Å². The van der Waals surface area contributed by atoms with E-state index in [0.29, 0.717) is 30.4 Å². The van der Waals surface area contributed by atoms with Crippen LogP contribution >= 0.6 is 0 Å². The molecule has 1 N–H and O–H groups in total. The molecule has 3 atom stereocenters. The molecule has 2 bridgehead atoms. The fourth-order valence-electron chi connectivity index (χ4n) is 5.28. The molecule has 5 heteroatoms. The van der Waals surface area contributed by atoms with Crippen LogP contribution in [0.4, 0.5) is 0 Å². The average molecular weight is 409 g/mol. The molecule has 3 aromatic carbocycles. The van der Waals surface area contributed by atoms with Crippen LogP contribution in [0.2, 0.25) is 0 Å². The Balaban J connectivity index is 1.20. The van der Waals surface area contributed by atoms with E-state index in [0.717, 1.165) is 42.3 Å². The molecule has 154 valence electrons. The Hall–Kier alpha value is -3.33. The second-order valence-electron chi connectivity index (χ2n) is 8.49. The number of piperidine rings is 1. The van der Waals surface area contributed by atoms with E-state index in [4.69, 9.17) is 14.7 Å². The first-order chi connectivity index (χ1) is 15.3. The summed E-state index contributed by atoms with van der Waals surface area (Å²) in [6.45, 7) is 3.27. The second-order valence-corrected chi connectivity index (χ2v) is 8.49. The number of rotatable bonds is 4. The Bertz CT molecular complexity index is 1160. The summed E-state index contributed by atoms with van der Waals surface area (Å²) in [5.41, 5.74) is 5.61. The van der Waals surface area contributed by atoms with Crippen LogP contribution < -0.4 is 14.8 Å². The maximum Gasteiger partial charge on any atom is 0.231 e. The van der Waals surface area contributed by atoms with Crippen LogP contribution in [-0.4, -0.2) is 36.9 Å². The third kappa shape index (κ3) is 3.16. The van der Waals surface area contributed by atoms with E-state index in [9.17, 15) is 0 Å². The zero-order chi connectivity index (χ0) is 20.8. The van der Waals surface area contributed by atoms with Crippen molar-refractivity contribution in [3.63, 3.8) is 0 Å².